The maximum absolute atomic E-state index is 16.3. The number of hydrogen-bond acceptors (Lipinski definition) is 1. The Bertz CT molecular complexity index is 1360. The Morgan fingerprint density at radius 2 is 1.14 bits per heavy atom. The first-order valence-corrected chi connectivity index (χ1v) is 9.88. The third-order valence-corrected chi connectivity index (χ3v) is 5.96. The molecule has 2 aromatic rings. The molecule has 0 bridgehead atoms. The molecule has 0 aliphatic heterocycles. The molecule has 0 fully saturated rings. The Morgan fingerprint density at radius 1 is 0.694 bits per heavy atom. The van der Waals surface area contributed by atoms with Crippen LogP contribution in [0.25, 0.3) is 5.57 Å². The van der Waals surface area contributed by atoms with Gasteiger partial charge in [-0.2, -0.15) is 0 Å². The van der Waals surface area contributed by atoms with Crippen molar-refractivity contribution in [3.05, 3.63) is 80.7 Å². The average molecular weight is 535 g/mol. The van der Waals surface area contributed by atoms with E-state index in [-0.39, 0.29) is 0 Å². The molecular formula is C22H10F13N. The zero-order valence-electron chi connectivity index (χ0n) is 17.7. The molecule has 2 unspecified atom stereocenters. The summed E-state index contributed by atoms with van der Waals surface area (Å²) in [6.07, 6.45) is -5.03. The average Bonchev–Trinajstić information content (AvgIpc) is 3.24. The molecule has 194 valence electrons. The van der Waals surface area contributed by atoms with E-state index < -0.39 is 121 Å². The summed E-state index contributed by atoms with van der Waals surface area (Å²) in [4.78, 5) is -0.640. The quantitative estimate of drug-likeness (QED) is 0.172. The van der Waals surface area contributed by atoms with Crippen LogP contribution in [-0.2, 0) is 6.42 Å². The highest BCUT2D eigenvalue weighted by Crippen LogP contribution is 2.55. The van der Waals surface area contributed by atoms with Crippen LogP contribution < -0.4 is 4.90 Å². The van der Waals surface area contributed by atoms with Gasteiger partial charge >= 0.3 is 0 Å². The smallest absolute Gasteiger partial charge is 0.273 e. The molecule has 0 amide bonds. The van der Waals surface area contributed by atoms with Gasteiger partial charge in [0.05, 0.1) is 0 Å². The van der Waals surface area contributed by atoms with E-state index in [1.807, 2.05) is 0 Å². The number of hydrogen-bond donors (Lipinski definition) is 0. The summed E-state index contributed by atoms with van der Waals surface area (Å²) < 4.78 is 189. The van der Waals surface area contributed by atoms with Gasteiger partial charge in [-0.25, -0.2) is 57.1 Å². The standard InChI is InChI=1S/C22H10F13N/c1-4(2)36(19-17(31)15(29)14(28)16(30)18(19)32)22(35)20(33)8-6(10(24)21(22)34)3-5-7(8)11(25)13(27)12(26)9(5)23/h4,20H,3H2,1-2H3. The minimum atomic E-state index is -4.76. The van der Waals surface area contributed by atoms with Gasteiger partial charge in [0.15, 0.2) is 64.4 Å². The van der Waals surface area contributed by atoms with Crippen molar-refractivity contribution in [3.63, 3.8) is 0 Å². The van der Waals surface area contributed by atoms with Crippen molar-refractivity contribution >= 4 is 11.3 Å². The number of allylic oxidation sites excluding steroid dienone is 2. The Morgan fingerprint density at radius 3 is 1.64 bits per heavy atom. The van der Waals surface area contributed by atoms with Crippen molar-refractivity contribution in [3.8, 4) is 0 Å². The highest BCUT2D eigenvalue weighted by atomic mass is 19.2. The first-order valence-electron chi connectivity index (χ1n) is 9.88. The van der Waals surface area contributed by atoms with Crippen LogP contribution in [0.4, 0.5) is 62.8 Å². The molecule has 2 aliphatic carbocycles. The van der Waals surface area contributed by atoms with Gasteiger partial charge in [-0.3, -0.25) is 0 Å². The lowest BCUT2D eigenvalue weighted by atomic mass is 9.86. The van der Waals surface area contributed by atoms with Crippen molar-refractivity contribution in [1.82, 2.24) is 0 Å². The Kier molecular flexibility index (Phi) is 5.87. The van der Waals surface area contributed by atoms with Gasteiger partial charge in [0, 0.05) is 34.7 Å². The van der Waals surface area contributed by atoms with Crippen LogP contribution in [0, 0.1) is 52.4 Å². The van der Waals surface area contributed by atoms with Gasteiger partial charge in [-0.15, -0.1) is 0 Å². The molecule has 1 nitrogen and oxygen atoms in total. The second-order valence-electron chi connectivity index (χ2n) is 8.22. The highest BCUT2D eigenvalue weighted by molar-refractivity contribution is 5.86. The van der Waals surface area contributed by atoms with Gasteiger partial charge in [-0.1, -0.05) is 0 Å². The highest BCUT2D eigenvalue weighted by Gasteiger charge is 2.61. The van der Waals surface area contributed by atoms with E-state index in [1.165, 1.54) is 0 Å². The number of fused-ring (bicyclic) bond motifs is 2. The molecule has 0 radical (unpaired) electrons. The summed E-state index contributed by atoms with van der Waals surface area (Å²) in [5.41, 5.74) is -7.77. The molecule has 0 spiro atoms. The van der Waals surface area contributed by atoms with Crippen LogP contribution in [-0.4, -0.2) is 18.0 Å². The molecular weight excluding hydrogens is 525 g/mol. The molecule has 0 N–H and O–H groups in total. The summed E-state index contributed by atoms with van der Waals surface area (Å²) >= 11 is 0. The van der Waals surface area contributed by atoms with E-state index in [0.29, 0.717) is 0 Å². The molecule has 2 atom stereocenters. The summed E-state index contributed by atoms with van der Waals surface area (Å²) in [6, 6.07) is -1.88. The van der Waals surface area contributed by atoms with Crippen LogP contribution in [0.3, 0.4) is 0 Å². The predicted octanol–water partition coefficient (Wildman–Crippen LogP) is 7.33. The number of alkyl halides is 2. The van der Waals surface area contributed by atoms with Gasteiger partial charge in [0.2, 0.25) is 5.82 Å². The summed E-state index contributed by atoms with van der Waals surface area (Å²) in [7, 11) is 0. The van der Waals surface area contributed by atoms with Crippen LogP contribution in [0.5, 0.6) is 0 Å². The van der Waals surface area contributed by atoms with Gasteiger partial charge in [0.25, 0.3) is 5.79 Å². The molecule has 0 heterocycles. The molecule has 0 saturated carbocycles. The van der Waals surface area contributed by atoms with Gasteiger partial charge < -0.3 is 4.90 Å². The Balaban J connectivity index is 2.04. The zero-order chi connectivity index (χ0) is 27.2. The van der Waals surface area contributed by atoms with E-state index in [9.17, 15) is 43.9 Å². The number of halogens is 13. The fourth-order valence-electron chi connectivity index (χ4n) is 4.44. The Hall–Kier alpha value is -3.19. The van der Waals surface area contributed by atoms with E-state index in [4.69, 9.17) is 0 Å². The molecule has 14 heteroatoms. The maximum atomic E-state index is 16.3. The first kappa shape index (κ1) is 25.9. The third kappa shape index (κ3) is 3.05. The Labute approximate surface area is 193 Å². The van der Waals surface area contributed by atoms with E-state index in [1.54, 1.807) is 0 Å². The molecule has 2 aromatic carbocycles. The lowest BCUT2D eigenvalue weighted by molar-refractivity contribution is 0.0744. The minimum Gasteiger partial charge on any atom is -0.324 e. The van der Waals surface area contributed by atoms with E-state index in [2.05, 4.69) is 0 Å². The molecule has 36 heavy (non-hydrogen) atoms. The second kappa shape index (κ2) is 8.17. The normalized spacial score (nSPS) is 21.5. The predicted molar refractivity (Wildman–Crippen MR) is 98.7 cm³/mol. The van der Waals surface area contributed by atoms with Crippen LogP contribution >= 0.6 is 0 Å². The summed E-state index contributed by atoms with van der Waals surface area (Å²) in [6.45, 7) is 1.55. The lowest BCUT2D eigenvalue weighted by Crippen LogP contribution is -2.58. The lowest BCUT2D eigenvalue weighted by Gasteiger charge is -2.44. The van der Waals surface area contributed by atoms with Gasteiger partial charge in [-0.05, 0) is 13.8 Å². The number of anilines is 1. The van der Waals surface area contributed by atoms with E-state index in [0.717, 1.165) is 13.8 Å². The van der Waals surface area contributed by atoms with Crippen molar-refractivity contribution in [2.24, 2.45) is 0 Å². The SMILES string of the molecule is CC(C)N(c1c(F)c(F)c(F)c(F)c1F)C1(F)C(F)=C(F)C2=C(c3c(F)c(F)c(F)c(F)c3C2)C1F. The third-order valence-electron chi connectivity index (χ3n) is 5.96. The number of benzene rings is 2. The first-order chi connectivity index (χ1) is 16.6. The molecule has 4 rings (SSSR count). The van der Waals surface area contributed by atoms with Crippen molar-refractivity contribution < 1.29 is 57.1 Å². The van der Waals surface area contributed by atoms with Crippen LogP contribution in [0.2, 0.25) is 0 Å². The van der Waals surface area contributed by atoms with Crippen LogP contribution in [0.15, 0.2) is 17.2 Å². The number of rotatable bonds is 3. The largest absolute Gasteiger partial charge is 0.324 e. The molecule has 0 aromatic heterocycles. The second-order valence-corrected chi connectivity index (χ2v) is 8.22. The monoisotopic (exact) mass is 535 g/mol. The summed E-state index contributed by atoms with van der Waals surface area (Å²) in [5, 5.41) is 0. The van der Waals surface area contributed by atoms with Crippen LogP contribution in [0.1, 0.15) is 25.0 Å². The number of nitrogens with zero attached hydrogens (tertiary/aromatic N) is 1. The topological polar surface area (TPSA) is 3.24 Å². The van der Waals surface area contributed by atoms with Crippen molar-refractivity contribution in [2.45, 2.75) is 38.3 Å². The van der Waals surface area contributed by atoms with Gasteiger partial charge in [0.1, 0.15) is 5.69 Å². The fourth-order valence-corrected chi connectivity index (χ4v) is 4.44. The maximum Gasteiger partial charge on any atom is 0.273 e. The van der Waals surface area contributed by atoms with Crippen molar-refractivity contribution in [2.75, 3.05) is 4.90 Å². The zero-order valence-corrected chi connectivity index (χ0v) is 17.7. The molecule has 0 saturated heterocycles. The van der Waals surface area contributed by atoms with Crippen molar-refractivity contribution in [1.29, 1.82) is 0 Å². The molecule has 2 aliphatic rings. The van der Waals surface area contributed by atoms with E-state index >= 15 is 13.2 Å². The summed E-state index contributed by atoms with van der Waals surface area (Å²) in [5.74, 6) is -32.7. The minimum absolute atomic E-state index is 0.640. The fraction of sp³-hybridized carbons (Fsp3) is 0.273.